The van der Waals surface area contributed by atoms with Crippen molar-refractivity contribution in [1.29, 1.82) is 5.26 Å². The monoisotopic (exact) mass is 295 g/mol. The maximum absolute atomic E-state index is 12.3. The third-order valence-corrected chi connectivity index (χ3v) is 3.03. The lowest BCUT2D eigenvalue weighted by molar-refractivity contribution is -0.0328. The van der Waals surface area contributed by atoms with E-state index in [-0.39, 0.29) is 17.0 Å². The Labute approximate surface area is 109 Å². The van der Waals surface area contributed by atoms with Crippen LogP contribution in [0.4, 0.5) is 13.2 Å². The van der Waals surface area contributed by atoms with Gasteiger partial charge in [0.2, 0.25) is 0 Å². The molecule has 0 amide bonds. The van der Waals surface area contributed by atoms with E-state index in [4.69, 9.17) is 22.0 Å². The predicted molar refractivity (Wildman–Crippen MR) is 59.6 cm³/mol. The molecule has 0 aliphatic carbocycles. The summed E-state index contributed by atoms with van der Waals surface area (Å²) in [5.41, 5.74) is -5.34. The molecule has 8 heteroatoms. The van der Waals surface area contributed by atoms with E-state index in [1.165, 1.54) is 0 Å². The van der Waals surface area contributed by atoms with Crippen molar-refractivity contribution in [2.24, 2.45) is 0 Å². The van der Waals surface area contributed by atoms with E-state index < -0.39 is 33.7 Å². The zero-order valence-electron chi connectivity index (χ0n) is 8.58. The molecule has 0 aromatic heterocycles. The van der Waals surface area contributed by atoms with Gasteiger partial charge in [0.15, 0.2) is 0 Å². The molecule has 0 spiro atoms. The zero-order chi connectivity index (χ0) is 13.9. The highest BCUT2D eigenvalue weighted by Gasteiger charge is 2.32. The Bertz CT molecular complexity index is 525. The summed E-state index contributed by atoms with van der Waals surface area (Å²) in [6.07, 6.45) is 0. The van der Waals surface area contributed by atoms with Crippen molar-refractivity contribution in [3.8, 4) is 6.07 Å². The number of hydrogen-bond donors (Lipinski definition) is 1. The Morgan fingerprint density at radius 1 is 1.50 bits per heavy atom. The van der Waals surface area contributed by atoms with Gasteiger partial charge in [0, 0.05) is 16.3 Å². The van der Waals surface area contributed by atoms with Crippen LogP contribution in [0.5, 0.6) is 0 Å². The third kappa shape index (κ3) is 3.31. The lowest BCUT2D eigenvalue weighted by atomic mass is 10.0. The molecule has 0 aliphatic heterocycles. The Balaban J connectivity index is 3.46. The quantitative estimate of drug-likeness (QED) is 0.683. The first-order valence-corrected chi connectivity index (χ1v) is 5.76. The number of carboxylic acid groups (broad SMARTS) is 1. The molecule has 0 saturated carbocycles. The van der Waals surface area contributed by atoms with Crippen molar-refractivity contribution in [3.05, 3.63) is 28.8 Å². The van der Waals surface area contributed by atoms with Gasteiger partial charge in [-0.2, -0.15) is 18.4 Å². The largest absolute Gasteiger partial charge is 0.478 e. The second-order valence-corrected chi connectivity index (χ2v) is 4.44. The number of carboxylic acids is 1. The topological polar surface area (TPSA) is 61.1 Å². The maximum Gasteiger partial charge on any atom is 0.446 e. The number of nitrogens with zero attached hydrogens (tertiary/aromatic N) is 1. The average Bonchev–Trinajstić information content (AvgIpc) is 2.25. The van der Waals surface area contributed by atoms with Crippen LogP contribution in [0.2, 0.25) is 0 Å². The first kappa shape index (κ1) is 14.7. The van der Waals surface area contributed by atoms with Gasteiger partial charge in [0.05, 0.1) is 17.2 Å². The van der Waals surface area contributed by atoms with Crippen LogP contribution in [0.25, 0.3) is 0 Å². The van der Waals surface area contributed by atoms with Crippen LogP contribution < -0.4 is 0 Å². The minimum Gasteiger partial charge on any atom is -0.478 e. The Morgan fingerprint density at radius 2 is 2.11 bits per heavy atom. The van der Waals surface area contributed by atoms with E-state index in [0.717, 1.165) is 12.1 Å². The van der Waals surface area contributed by atoms with Crippen molar-refractivity contribution in [3.63, 3.8) is 0 Å². The van der Waals surface area contributed by atoms with Crippen LogP contribution in [0.15, 0.2) is 17.0 Å². The predicted octanol–water partition coefficient (Wildman–Crippen LogP) is 3.61. The van der Waals surface area contributed by atoms with E-state index in [1.54, 1.807) is 6.07 Å². The fourth-order valence-electron chi connectivity index (χ4n) is 1.31. The van der Waals surface area contributed by atoms with Gasteiger partial charge < -0.3 is 5.11 Å². The van der Waals surface area contributed by atoms with Crippen LogP contribution in [0.1, 0.15) is 21.5 Å². The molecule has 0 fully saturated rings. The van der Waals surface area contributed by atoms with Crippen LogP contribution in [0.3, 0.4) is 0 Å². The molecular formula is C10H5ClF3NO2S. The highest BCUT2D eigenvalue weighted by atomic mass is 35.5. The molecule has 1 rings (SSSR count). The summed E-state index contributed by atoms with van der Waals surface area (Å²) < 4.78 is 36.8. The number of hydrogen-bond acceptors (Lipinski definition) is 3. The van der Waals surface area contributed by atoms with Crippen LogP contribution in [0, 0.1) is 11.3 Å². The summed E-state index contributed by atoms with van der Waals surface area (Å²) in [6.45, 7) is 0. The van der Waals surface area contributed by atoms with Crippen molar-refractivity contribution in [2.75, 3.05) is 0 Å². The molecule has 0 atom stereocenters. The molecule has 1 aromatic rings. The molecule has 0 aliphatic rings. The fourth-order valence-corrected chi connectivity index (χ4v) is 2.29. The number of rotatable bonds is 3. The minimum atomic E-state index is -4.61. The van der Waals surface area contributed by atoms with Crippen LogP contribution in [-0.4, -0.2) is 16.6 Å². The van der Waals surface area contributed by atoms with Gasteiger partial charge in [0.1, 0.15) is 0 Å². The summed E-state index contributed by atoms with van der Waals surface area (Å²) >= 11 is 4.95. The highest BCUT2D eigenvalue weighted by molar-refractivity contribution is 8.00. The van der Waals surface area contributed by atoms with Crippen LogP contribution in [-0.2, 0) is 5.88 Å². The second-order valence-electron chi connectivity index (χ2n) is 3.06. The third-order valence-electron chi connectivity index (χ3n) is 1.97. The lowest BCUT2D eigenvalue weighted by Gasteiger charge is -2.12. The Hall–Kier alpha value is -1.39. The number of benzene rings is 1. The van der Waals surface area contributed by atoms with E-state index in [9.17, 15) is 18.0 Å². The number of aromatic carboxylic acids is 1. The number of alkyl halides is 4. The molecule has 0 heterocycles. The smallest absolute Gasteiger partial charge is 0.446 e. The molecule has 0 radical (unpaired) electrons. The minimum absolute atomic E-state index is 0.0473. The summed E-state index contributed by atoms with van der Waals surface area (Å²) in [7, 11) is 0. The van der Waals surface area contributed by atoms with Gasteiger partial charge >= 0.3 is 11.5 Å². The van der Waals surface area contributed by atoms with Crippen molar-refractivity contribution in [1.82, 2.24) is 0 Å². The standard InChI is InChI=1S/C10H5ClF3NO2S/c11-3-6-5(4-15)1-2-7(8(6)9(16)17)18-10(12,13)14/h1-2H,3H2,(H,16,17). The number of carbonyl (C=O) groups is 1. The van der Waals surface area contributed by atoms with E-state index in [2.05, 4.69) is 0 Å². The molecule has 18 heavy (non-hydrogen) atoms. The zero-order valence-corrected chi connectivity index (χ0v) is 10.2. The molecule has 96 valence electrons. The summed E-state index contributed by atoms with van der Waals surface area (Å²) in [6, 6.07) is 3.77. The SMILES string of the molecule is N#Cc1ccc(SC(F)(F)F)c(C(=O)O)c1CCl. The van der Waals surface area contributed by atoms with Crippen molar-refractivity contribution in [2.45, 2.75) is 16.3 Å². The fraction of sp³-hybridized carbons (Fsp3) is 0.200. The van der Waals surface area contributed by atoms with E-state index in [1.807, 2.05) is 0 Å². The maximum atomic E-state index is 12.3. The molecule has 0 bridgehead atoms. The molecule has 0 saturated heterocycles. The second kappa shape index (κ2) is 5.50. The number of nitriles is 1. The number of thioether (sulfide) groups is 1. The van der Waals surface area contributed by atoms with Gasteiger partial charge in [-0.25, -0.2) is 4.79 Å². The van der Waals surface area contributed by atoms with Gasteiger partial charge in [-0.05, 0) is 23.9 Å². The molecule has 1 N–H and O–H groups in total. The molecule has 0 unspecified atom stereocenters. The highest BCUT2D eigenvalue weighted by Crippen LogP contribution is 2.40. The first-order valence-electron chi connectivity index (χ1n) is 4.41. The van der Waals surface area contributed by atoms with Crippen molar-refractivity contribution < 1.29 is 23.1 Å². The lowest BCUT2D eigenvalue weighted by Crippen LogP contribution is -2.09. The summed E-state index contributed by atoms with van der Waals surface area (Å²) in [4.78, 5) is 10.5. The first-order chi connectivity index (χ1) is 8.30. The number of halogens is 4. The summed E-state index contributed by atoms with van der Waals surface area (Å²) in [5.74, 6) is -1.90. The van der Waals surface area contributed by atoms with E-state index >= 15 is 0 Å². The summed E-state index contributed by atoms with van der Waals surface area (Å²) in [5, 5.41) is 17.7. The van der Waals surface area contributed by atoms with Crippen molar-refractivity contribution >= 4 is 29.3 Å². The normalized spacial score (nSPS) is 11.1. The molecule has 1 aromatic carbocycles. The Kier molecular flexibility index (Phi) is 4.48. The van der Waals surface area contributed by atoms with Crippen LogP contribution >= 0.6 is 23.4 Å². The van der Waals surface area contributed by atoms with Gasteiger partial charge in [-0.15, -0.1) is 11.6 Å². The van der Waals surface area contributed by atoms with Gasteiger partial charge in [0.25, 0.3) is 0 Å². The van der Waals surface area contributed by atoms with E-state index in [0.29, 0.717) is 0 Å². The average molecular weight is 296 g/mol. The Morgan fingerprint density at radius 3 is 2.50 bits per heavy atom. The molecular weight excluding hydrogens is 291 g/mol. The van der Waals surface area contributed by atoms with Gasteiger partial charge in [-0.3, -0.25) is 0 Å². The van der Waals surface area contributed by atoms with Gasteiger partial charge in [-0.1, -0.05) is 0 Å². The molecule has 3 nitrogen and oxygen atoms in total.